The summed E-state index contributed by atoms with van der Waals surface area (Å²) in [7, 11) is 0. The summed E-state index contributed by atoms with van der Waals surface area (Å²) in [6, 6.07) is 17.8. The second-order valence-electron chi connectivity index (χ2n) is 7.54. The van der Waals surface area contributed by atoms with Gasteiger partial charge >= 0.3 is 0 Å². The Kier molecular flexibility index (Phi) is 5.93. The lowest BCUT2D eigenvalue weighted by Gasteiger charge is -2.22. The first kappa shape index (κ1) is 18.5. The molecule has 1 aliphatic carbocycles. The van der Waals surface area contributed by atoms with Crippen LogP contribution < -0.4 is 0 Å². The molecule has 0 saturated carbocycles. The highest BCUT2D eigenvalue weighted by atomic mass is 14.2. The molecular weight excluding hydrogens is 312 g/mol. The topological polar surface area (TPSA) is 0 Å². The van der Waals surface area contributed by atoms with Crippen molar-refractivity contribution in [2.24, 2.45) is 11.8 Å². The largest absolute Gasteiger partial charge is 0.0779 e. The highest BCUT2D eigenvalue weighted by Crippen LogP contribution is 2.35. The predicted molar refractivity (Wildman–Crippen MR) is 114 cm³/mol. The van der Waals surface area contributed by atoms with E-state index < -0.39 is 0 Å². The van der Waals surface area contributed by atoms with E-state index in [1.165, 1.54) is 33.4 Å². The molecule has 134 valence electrons. The van der Waals surface area contributed by atoms with Crippen molar-refractivity contribution in [2.75, 3.05) is 0 Å². The predicted octanol–water partition coefficient (Wildman–Crippen LogP) is 6.95. The molecule has 0 nitrogen and oxygen atoms in total. The molecule has 0 bridgehead atoms. The number of aryl methyl sites for hydroxylation is 2. The Hall–Kier alpha value is -2.34. The van der Waals surface area contributed by atoms with Gasteiger partial charge in [-0.2, -0.15) is 0 Å². The highest BCUT2D eigenvalue weighted by molar-refractivity contribution is 5.82. The van der Waals surface area contributed by atoms with Crippen LogP contribution in [-0.4, -0.2) is 0 Å². The van der Waals surface area contributed by atoms with Crippen LogP contribution in [0.4, 0.5) is 0 Å². The average molecular weight is 343 g/mol. The first-order valence-electron chi connectivity index (χ1n) is 9.83. The number of benzene rings is 2. The van der Waals surface area contributed by atoms with E-state index in [4.69, 9.17) is 0 Å². The number of hydrogen-bond donors (Lipinski definition) is 0. The summed E-state index contributed by atoms with van der Waals surface area (Å²) in [5, 5.41) is 0. The lowest BCUT2D eigenvalue weighted by Crippen LogP contribution is -2.08. The van der Waals surface area contributed by atoms with Crippen LogP contribution in [0.1, 0.15) is 43.0 Å². The van der Waals surface area contributed by atoms with Crippen LogP contribution in [0.2, 0.25) is 0 Å². The molecule has 3 rings (SSSR count). The van der Waals surface area contributed by atoms with Crippen LogP contribution in [0.15, 0.2) is 78.4 Å². The Bertz CT molecular complexity index is 834. The number of allylic oxidation sites excluding steroid dienone is 6. The fourth-order valence-corrected chi connectivity index (χ4v) is 3.85. The summed E-state index contributed by atoms with van der Waals surface area (Å²) in [4.78, 5) is 0. The van der Waals surface area contributed by atoms with E-state index in [0.29, 0.717) is 11.8 Å². The third kappa shape index (κ3) is 4.25. The molecule has 0 aliphatic heterocycles. The van der Waals surface area contributed by atoms with Crippen LogP contribution in [0.25, 0.3) is 5.57 Å². The SMILES string of the molecule is CCc1ccc(C2=CC=CC(C)C=C2C(C)Cc2ccccc2)c(C)c1. The van der Waals surface area contributed by atoms with E-state index in [1.54, 1.807) is 0 Å². The van der Waals surface area contributed by atoms with Gasteiger partial charge in [0.05, 0.1) is 0 Å². The molecule has 0 amide bonds. The summed E-state index contributed by atoms with van der Waals surface area (Å²) >= 11 is 0. The second-order valence-corrected chi connectivity index (χ2v) is 7.54. The Morgan fingerprint density at radius 3 is 2.46 bits per heavy atom. The Morgan fingerprint density at radius 1 is 1.00 bits per heavy atom. The molecule has 0 N–H and O–H groups in total. The molecule has 2 aromatic rings. The van der Waals surface area contributed by atoms with E-state index in [-0.39, 0.29) is 0 Å². The Labute approximate surface area is 159 Å². The van der Waals surface area contributed by atoms with Gasteiger partial charge in [-0.1, -0.05) is 93.6 Å². The zero-order chi connectivity index (χ0) is 18.5. The molecule has 0 fully saturated rings. The lowest BCUT2D eigenvalue weighted by molar-refractivity contribution is 0.689. The molecule has 0 spiro atoms. The maximum atomic E-state index is 2.45. The molecule has 26 heavy (non-hydrogen) atoms. The van der Waals surface area contributed by atoms with Gasteiger partial charge in [0.2, 0.25) is 0 Å². The lowest BCUT2D eigenvalue weighted by atomic mass is 9.83. The quantitative estimate of drug-likeness (QED) is 0.551. The van der Waals surface area contributed by atoms with Crippen LogP contribution in [0.3, 0.4) is 0 Å². The van der Waals surface area contributed by atoms with Gasteiger partial charge in [-0.3, -0.25) is 0 Å². The van der Waals surface area contributed by atoms with Crippen LogP contribution in [0.5, 0.6) is 0 Å². The molecule has 0 saturated heterocycles. The third-order valence-corrected chi connectivity index (χ3v) is 5.34. The zero-order valence-corrected chi connectivity index (χ0v) is 16.5. The summed E-state index contributed by atoms with van der Waals surface area (Å²) in [6.45, 7) is 9.10. The normalized spacial score (nSPS) is 18.1. The van der Waals surface area contributed by atoms with Crippen molar-refractivity contribution >= 4 is 5.57 Å². The molecular formula is C26H30. The minimum Gasteiger partial charge on any atom is -0.0779 e. The van der Waals surface area contributed by atoms with Crippen molar-refractivity contribution in [1.82, 2.24) is 0 Å². The molecule has 0 heterocycles. The number of hydrogen-bond acceptors (Lipinski definition) is 0. The van der Waals surface area contributed by atoms with Gasteiger partial charge in [-0.15, -0.1) is 0 Å². The van der Waals surface area contributed by atoms with Gasteiger partial charge < -0.3 is 0 Å². The zero-order valence-electron chi connectivity index (χ0n) is 16.5. The van der Waals surface area contributed by atoms with E-state index in [1.807, 2.05) is 0 Å². The van der Waals surface area contributed by atoms with Gasteiger partial charge in [0.15, 0.2) is 0 Å². The molecule has 0 heteroatoms. The van der Waals surface area contributed by atoms with Gasteiger partial charge in [-0.25, -0.2) is 0 Å². The van der Waals surface area contributed by atoms with E-state index in [2.05, 4.69) is 101 Å². The summed E-state index contributed by atoms with van der Waals surface area (Å²) in [5.41, 5.74) is 8.41. The molecule has 1 aliphatic rings. The minimum absolute atomic E-state index is 0.465. The number of rotatable bonds is 5. The molecule has 2 aromatic carbocycles. The highest BCUT2D eigenvalue weighted by Gasteiger charge is 2.19. The third-order valence-electron chi connectivity index (χ3n) is 5.34. The van der Waals surface area contributed by atoms with Crippen molar-refractivity contribution in [2.45, 2.75) is 40.5 Å². The van der Waals surface area contributed by atoms with Crippen molar-refractivity contribution in [1.29, 1.82) is 0 Å². The molecule has 0 aromatic heterocycles. The van der Waals surface area contributed by atoms with E-state index >= 15 is 0 Å². The maximum Gasteiger partial charge on any atom is -0.00726 e. The van der Waals surface area contributed by atoms with Gasteiger partial charge in [-0.05, 0) is 65.0 Å². The first-order valence-corrected chi connectivity index (χ1v) is 9.83. The van der Waals surface area contributed by atoms with Crippen molar-refractivity contribution < 1.29 is 0 Å². The minimum atomic E-state index is 0.465. The average Bonchev–Trinajstić information content (AvgIpc) is 2.84. The standard InChI is InChI=1S/C26H30/c1-5-22-14-15-24(20(3)17-22)25-13-9-10-19(2)16-26(25)21(4)18-23-11-7-6-8-12-23/h6-17,19,21H,5,18H2,1-4H3. The van der Waals surface area contributed by atoms with Crippen LogP contribution in [0, 0.1) is 18.8 Å². The second kappa shape index (κ2) is 8.36. The summed E-state index contributed by atoms with van der Waals surface area (Å²) in [6.07, 6.45) is 11.4. The summed E-state index contributed by atoms with van der Waals surface area (Å²) < 4.78 is 0. The van der Waals surface area contributed by atoms with Crippen molar-refractivity contribution in [3.05, 3.63) is 101 Å². The van der Waals surface area contributed by atoms with Crippen LogP contribution >= 0.6 is 0 Å². The Morgan fingerprint density at radius 2 is 1.77 bits per heavy atom. The molecule has 2 unspecified atom stereocenters. The maximum absolute atomic E-state index is 2.45. The van der Waals surface area contributed by atoms with Gasteiger partial charge in [0, 0.05) is 0 Å². The summed E-state index contributed by atoms with van der Waals surface area (Å²) in [5.74, 6) is 0.948. The first-order chi connectivity index (χ1) is 12.6. The van der Waals surface area contributed by atoms with E-state index in [9.17, 15) is 0 Å². The smallest absolute Gasteiger partial charge is 0.00726 e. The molecule has 0 radical (unpaired) electrons. The van der Waals surface area contributed by atoms with Gasteiger partial charge in [0.25, 0.3) is 0 Å². The Balaban J connectivity index is 1.97. The van der Waals surface area contributed by atoms with E-state index in [0.717, 1.165) is 12.8 Å². The fraction of sp³-hybridized carbons (Fsp3) is 0.308. The monoisotopic (exact) mass is 342 g/mol. The van der Waals surface area contributed by atoms with Crippen LogP contribution in [-0.2, 0) is 12.8 Å². The van der Waals surface area contributed by atoms with Crippen molar-refractivity contribution in [3.8, 4) is 0 Å². The fourth-order valence-electron chi connectivity index (χ4n) is 3.85. The van der Waals surface area contributed by atoms with Crippen molar-refractivity contribution in [3.63, 3.8) is 0 Å². The molecule has 2 atom stereocenters. The van der Waals surface area contributed by atoms with Gasteiger partial charge in [0.1, 0.15) is 0 Å².